The zero-order valence-corrected chi connectivity index (χ0v) is 14.7. The first-order chi connectivity index (χ1) is 12.9. The lowest BCUT2D eigenvalue weighted by Gasteiger charge is -2.11. The topological polar surface area (TPSA) is 72.5 Å². The van der Waals surface area contributed by atoms with E-state index in [1.165, 1.54) is 12.3 Å². The molecule has 2 rings (SSSR count). The Morgan fingerprint density at radius 1 is 1.19 bits per heavy atom. The normalized spacial score (nSPS) is 11.0. The van der Waals surface area contributed by atoms with Crippen molar-refractivity contribution < 1.29 is 27.4 Å². The number of aromatic nitrogens is 1. The van der Waals surface area contributed by atoms with Crippen LogP contribution in [0.5, 0.6) is 11.6 Å². The number of benzene rings is 1. The van der Waals surface area contributed by atoms with Gasteiger partial charge in [-0.2, -0.15) is 13.2 Å². The second-order valence-electron chi connectivity index (χ2n) is 5.58. The molecule has 0 radical (unpaired) electrons. The van der Waals surface area contributed by atoms with Crippen LogP contribution >= 0.6 is 0 Å². The number of alkyl halides is 3. The summed E-state index contributed by atoms with van der Waals surface area (Å²) >= 11 is 0. The van der Waals surface area contributed by atoms with Crippen LogP contribution in [0.4, 0.5) is 18.0 Å². The first-order valence-corrected chi connectivity index (χ1v) is 8.15. The molecule has 0 saturated carbocycles. The number of hydrogen-bond donors (Lipinski definition) is 2. The first kappa shape index (κ1) is 20.3. The molecule has 27 heavy (non-hydrogen) atoms. The van der Waals surface area contributed by atoms with Gasteiger partial charge in [-0.1, -0.05) is 18.2 Å². The predicted molar refractivity (Wildman–Crippen MR) is 92.7 cm³/mol. The summed E-state index contributed by atoms with van der Waals surface area (Å²) in [5.41, 5.74) is 1.54. The number of hydrogen-bond acceptors (Lipinski definition) is 4. The van der Waals surface area contributed by atoms with E-state index < -0.39 is 12.8 Å². The fourth-order valence-electron chi connectivity index (χ4n) is 2.26. The minimum atomic E-state index is -4.43. The van der Waals surface area contributed by atoms with Crippen molar-refractivity contribution in [1.29, 1.82) is 0 Å². The van der Waals surface area contributed by atoms with E-state index in [1.807, 2.05) is 24.3 Å². The van der Waals surface area contributed by atoms with Crippen molar-refractivity contribution in [1.82, 2.24) is 15.6 Å². The molecular formula is C18H20F3N3O3. The van der Waals surface area contributed by atoms with Crippen LogP contribution < -0.4 is 20.1 Å². The molecule has 9 heteroatoms. The fraction of sp³-hybridized carbons (Fsp3) is 0.333. The van der Waals surface area contributed by atoms with Gasteiger partial charge in [-0.05, 0) is 29.7 Å². The lowest BCUT2D eigenvalue weighted by atomic mass is 10.1. The molecule has 0 fully saturated rings. The van der Waals surface area contributed by atoms with Crippen molar-refractivity contribution in [3.05, 3.63) is 53.7 Å². The van der Waals surface area contributed by atoms with Gasteiger partial charge >= 0.3 is 12.2 Å². The van der Waals surface area contributed by atoms with E-state index in [0.717, 1.165) is 11.3 Å². The summed E-state index contributed by atoms with van der Waals surface area (Å²) in [6.45, 7) is -0.881. The number of pyridine rings is 1. The molecule has 0 atom stereocenters. The van der Waals surface area contributed by atoms with E-state index in [1.54, 1.807) is 13.2 Å². The molecule has 1 aromatic carbocycles. The van der Waals surface area contributed by atoms with Gasteiger partial charge < -0.3 is 20.1 Å². The minimum Gasteiger partial charge on any atom is -0.496 e. The highest BCUT2D eigenvalue weighted by molar-refractivity contribution is 5.73. The van der Waals surface area contributed by atoms with Crippen molar-refractivity contribution in [2.45, 2.75) is 19.1 Å². The Bertz CT molecular complexity index is 754. The number of amides is 2. The van der Waals surface area contributed by atoms with Gasteiger partial charge in [0, 0.05) is 25.4 Å². The van der Waals surface area contributed by atoms with Crippen LogP contribution in [0.25, 0.3) is 0 Å². The Balaban J connectivity index is 1.75. The molecule has 0 aliphatic rings. The molecule has 0 unspecified atom stereocenters. The zero-order valence-electron chi connectivity index (χ0n) is 14.7. The maximum atomic E-state index is 12.2. The lowest BCUT2D eigenvalue weighted by molar-refractivity contribution is -0.154. The monoisotopic (exact) mass is 383 g/mol. The van der Waals surface area contributed by atoms with E-state index >= 15 is 0 Å². The molecule has 0 aliphatic carbocycles. The molecule has 0 aliphatic heterocycles. The van der Waals surface area contributed by atoms with Crippen LogP contribution in [0.15, 0.2) is 42.6 Å². The molecule has 0 saturated heterocycles. The zero-order chi connectivity index (χ0) is 19.7. The molecule has 2 aromatic rings. The van der Waals surface area contributed by atoms with Crippen LogP contribution in [-0.2, 0) is 13.0 Å². The number of nitrogens with zero attached hydrogens (tertiary/aromatic N) is 1. The van der Waals surface area contributed by atoms with Gasteiger partial charge in [-0.25, -0.2) is 9.78 Å². The van der Waals surface area contributed by atoms with Crippen LogP contribution in [-0.4, -0.2) is 37.5 Å². The average Bonchev–Trinajstić information content (AvgIpc) is 2.65. The van der Waals surface area contributed by atoms with Crippen molar-refractivity contribution in [3.63, 3.8) is 0 Å². The molecule has 146 valence electrons. The maximum Gasteiger partial charge on any atom is 0.422 e. The Labute approximate surface area is 154 Å². The summed E-state index contributed by atoms with van der Waals surface area (Å²) < 4.78 is 46.3. The fourth-order valence-corrected chi connectivity index (χ4v) is 2.26. The van der Waals surface area contributed by atoms with Crippen LogP contribution in [0.3, 0.4) is 0 Å². The molecule has 1 heterocycles. The Kier molecular flexibility index (Phi) is 7.27. The highest BCUT2D eigenvalue weighted by Crippen LogP contribution is 2.18. The number of methoxy groups -OCH3 is 1. The smallest absolute Gasteiger partial charge is 0.422 e. The van der Waals surface area contributed by atoms with Crippen molar-refractivity contribution in [3.8, 4) is 11.6 Å². The first-order valence-electron chi connectivity index (χ1n) is 8.15. The molecule has 6 nitrogen and oxygen atoms in total. The second kappa shape index (κ2) is 9.65. The third-order valence-corrected chi connectivity index (χ3v) is 3.51. The van der Waals surface area contributed by atoms with Gasteiger partial charge in [0.25, 0.3) is 0 Å². The summed E-state index contributed by atoms with van der Waals surface area (Å²) in [5.74, 6) is 0.603. The average molecular weight is 383 g/mol. The molecule has 2 N–H and O–H groups in total. The number of urea groups is 1. The van der Waals surface area contributed by atoms with Crippen molar-refractivity contribution >= 4 is 6.03 Å². The number of nitrogens with one attached hydrogen (secondary N) is 2. The minimum absolute atomic E-state index is 0.130. The van der Waals surface area contributed by atoms with Gasteiger partial charge in [0.15, 0.2) is 6.61 Å². The third-order valence-electron chi connectivity index (χ3n) is 3.51. The summed E-state index contributed by atoms with van der Waals surface area (Å²) in [7, 11) is 1.58. The van der Waals surface area contributed by atoms with Crippen molar-refractivity contribution in [2.24, 2.45) is 0 Å². The summed E-state index contributed by atoms with van der Waals surface area (Å²) in [6, 6.07) is 10.1. The summed E-state index contributed by atoms with van der Waals surface area (Å²) in [4.78, 5) is 15.6. The third kappa shape index (κ3) is 7.43. The number of carbonyl (C=O) groups is 1. The van der Waals surface area contributed by atoms with Gasteiger partial charge in [-0.3, -0.25) is 0 Å². The Morgan fingerprint density at radius 3 is 2.70 bits per heavy atom. The van der Waals surface area contributed by atoms with Gasteiger partial charge in [0.05, 0.1) is 7.11 Å². The molecule has 1 aromatic heterocycles. The predicted octanol–water partition coefficient (Wildman–Crippen LogP) is 3.07. The van der Waals surface area contributed by atoms with E-state index in [2.05, 4.69) is 20.4 Å². The van der Waals surface area contributed by atoms with Crippen LogP contribution in [0.1, 0.15) is 11.1 Å². The number of carbonyl (C=O) groups excluding carboxylic acids is 1. The van der Waals surface area contributed by atoms with Gasteiger partial charge in [0.1, 0.15) is 5.75 Å². The van der Waals surface area contributed by atoms with Crippen molar-refractivity contribution in [2.75, 3.05) is 20.3 Å². The number of para-hydroxylation sites is 1. The highest BCUT2D eigenvalue weighted by Gasteiger charge is 2.28. The van der Waals surface area contributed by atoms with E-state index in [0.29, 0.717) is 18.5 Å². The van der Waals surface area contributed by atoms with E-state index in [9.17, 15) is 18.0 Å². The standard InChI is InChI=1S/C18H20F3N3O3/c1-26-15-5-3-2-4-14(15)7-9-23-17(25)24-11-13-6-8-22-16(10-13)27-12-18(19,20)21/h2-6,8,10H,7,9,11-12H2,1H3,(H2,23,24,25). The Hall–Kier alpha value is -2.97. The van der Waals surface area contributed by atoms with Crippen LogP contribution in [0, 0.1) is 0 Å². The number of ether oxygens (including phenoxy) is 2. The Morgan fingerprint density at radius 2 is 1.96 bits per heavy atom. The molecule has 0 bridgehead atoms. The quantitative estimate of drug-likeness (QED) is 0.735. The second-order valence-corrected chi connectivity index (χ2v) is 5.58. The largest absolute Gasteiger partial charge is 0.496 e. The lowest BCUT2D eigenvalue weighted by Crippen LogP contribution is -2.36. The number of rotatable bonds is 8. The van der Waals surface area contributed by atoms with E-state index in [-0.39, 0.29) is 18.5 Å². The van der Waals surface area contributed by atoms with Gasteiger partial charge in [-0.15, -0.1) is 0 Å². The maximum absolute atomic E-state index is 12.2. The summed E-state index contributed by atoms with van der Waals surface area (Å²) in [6.07, 6.45) is -2.51. The van der Waals surface area contributed by atoms with Crippen LogP contribution in [0.2, 0.25) is 0 Å². The van der Waals surface area contributed by atoms with Gasteiger partial charge in [0.2, 0.25) is 5.88 Å². The highest BCUT2D eigenvalue weighted by atomic mass is 19.4. The van der Waals surface area contributed by atoms with E-state index in [4.69, 9.17) is 4.74 Å². The molecular weight excluding hydrogens is 363 g/mol. The molecule has 0 spiro atoms. The summed E-state index contributed by atoms with van der Waals surface area (Å²) in [5, 5.41) is 5.34. The molecule has 2 amide bonds. The SMILES string of the molecule is COc1ccccc1CCNC(=O)NCc1ccnc(OCC(F)(F)F)c1. The number of halogens is 3.